The van der Waals surface area contributed by atoms with Crippen molar-refractivity contribution in [1.29, 1.82) is 0 Å². The van der Waals surface area contributed by atoms with Crippen LogP contribution in [-0.2, 0) is 0 Å². The van der Waals surface area contributed by atoms with E-state index in [4.69, 9.17) is 0 Å². The molecule has 0 aliphatic heterocycles. The Balaban J connectivity index is 5.07. The van der Waals surface area contributed by atoms with Gasteiger partial charge in [0.25, 0.3) is 0 Å². The number of rotatable bonds is 5. The van der Waals surface area contributed by atoms with Crippen LogP contribution in [0.2, 0.25) is 0 Å². The molecule has 0 spiro atoms. The first-order valence-corrected chi connectivity index (χ1v) is 6.43. The zero-order valence-corrected chi connectivity index (χ0v) is 12.2. The lowest BCUT2D eigenvalue weighted by Gasteiger charge is -2.26. The molecule has 0 aromatic heterocycles. The van der Waals surface area contributed by atoms with Crippen LogP contribution < -0.4 is 5.32 Å². The maximum Gasteiger partial charge on any atom is 0.0137 e. The number of allylic oxidation sites excluding steroid dienone is 4. The second kappa shape index (κ2) is 6.78. The Labute approximate surface area is 102 Å². The molecule has 0 fully saturated rings. The van der Waals surface area contributed by atoms with Crippen molar-refractivity contribution in [3.63, 3.8) is 0 Å². The molecule has 1 nitrogen and oxygen atoms in total. The first kappa shape index (κ1) is 15.3. The number of hydrogen-bond acceptors (Lipinski definition) is 1. The van der Waals surface area contributed by atoms with Gasteiger partial charge in [-0.3, -0.25) is 0 Å². The van der Waals surface area contributed by atoms with E-state index in [2.05, 4.69) is 52.9 Å². The molecule has 0 amide bonds. The van der Waals surface area contributed by atoms with Crippen molar-refractivity contribution in [3.8, 4) is 0 Å². The van der Waals surface area contributed by atoms with Crippen molar-refractivity contribution in [2.75, 3.05) is 7.05 Å². The summed E-state index contributed by atoms with van der Waals surface area (Å²) in [4.78, 5) is 0. The van der Waals surface area contributed by atoms with Crippen LogP contribution in [0.5, 0.6) is 0 Å². The number of nitrogens with one attached hydrogen (secondary N) is 1. The molecule has 0 bridgehead atoms. The van der Waals surface area contributed by atoms with Crippen LogP contribution in [0.15, 0.2) is 22.9 Å². The van der Waals surface area contributed by atoms with Crippen molar-refractivity contribution in [2.24, 2.45) is 5.41 Å². The molecule has 0 radical (unpaired) electrons. The van der Waals surface area contributed by atoms with E-state index in [-0.39, 0.29) is 5.41 Å². The van der Waals surface area contributed by atoms with Gasteiger partial charge in [-0.25, -0.2) is 0 Å². The van der Waals surface area contributed by atoms with Gasteiger partial charge in [0, 0.05) is 12.7 Å². The lowest BCUT2D eigenvalue weighted by atomic mass is 9.81. The summed E-state index contributed by atoms with van der Waals surface area (Å²) in [6, 6.07) is 0. The largest absolute Gasteiger partial charge is 0.391 e. The molecule has 0 rings (SSSR count). The van der Waals surface area contributed by atoms with Crippen molar-refractivity contribution in [2.45, 2.75) is 60.8 Å². The summed E-state index contributed by atoms with van der Waals surface area (Å²) < 4.78 is 0. The molecule has 0 aromatic rings. The summed E-state index contributed by atoms with van der Waals surface area (Å²) in [7, 11) is 2.03. The van der Waals surface area contributed by atoms with Gasteiger partial charge >= 0.3 is 0 Å². The Kier molecular flexibility index (Phi) is 6.47. The molecule has 1 N–H and O–H groups in total. The molecular formula is C15H29N. The van der Waals surface area contributed by atoms with E-state index in [1.54, 1.807) is 0 Å². The second-order valence-corrected chi connectivity index (χ2v) is 5.41. The summed E-state index contributed by atoms with van der Waals surface area (Å²) in [6.07, 6.45) is 5.92. The summed E-state index contributed by atoms with van der Waals surface area (Å²) in [5.41, 5.74) is 4.50. The van der Waals surface area contributed by atoms with E-state index in [9.17, 15) is 0 Å². The Bertz CT molecular complexity index is 264. The lowest BCUT2D eigenvalue weighted by molar-refractivity contribution is 0.506. The molecule has 0 unspecified atom stereocenters. The van der Waals surface area contributed by atoms with Gasteiger partial charge in [0.2, 0.25) is 0 Å². The van der Waals surface area contributed by atoms with Gasteiger partial charge in [0.15, 0.2) is 0 Å². The minimum absolute atomic E-state index is 0.229. The average molecular weight is 223 g/mol. The first-order chi connectivity index (χ1) is 7.38. The fourth-order valence-corrected chi connectivity index (χ4v) is 2.23. The van der Waals surface area contributed by atoms with E-state index in [0.29, 0.717) is 0 Å². The molecule has 0 aliphatic rings. The molecule has 1 heteroatoms. The summed E-state index contributed by atoms with van der Waals surface area (Å²) >= 11 is 0. The average Bonchev–Trinajstić information content (AvgIpc) is 2.17. The highest BCUT2D eigenvalue weighted by atomic mass is 14.8. The third kappa shape index (κ3) is 4.42. The Hall–Kier alpha value is -0.720. The summed E-state index contributed by atoms with van der Waals surface area (Å²) in [5.74, 6) is 0. The maximum absolute atomic E-state index is 3.36. The second-order valence-electron chi connectivity index (χ2n) is 5.41. The highest BCUT2D eigenvalue weighted by Gasteiger charge is 2.19. The maximum atomic E-state index is 3.36. The minimum atomic E-state index is 0.229. The highest BCUT2D eigenvalue weighted by molar-refractivity contribution is 5.36. The Morgan fingerprint density at radius 1 is 1.25 bits per heavy atom. The number of unbranched alkanes of at least 4 members (excludes halogenated alkanes) is 1. The van der Waals surface area contributed by atoms with Crippen LogP contribution in [-0.4, -0.2) is 7.05 Å². The Morgan fingerprint density at radius 2 is 1.81 bits per heavy atom. The van der Waals surface area contributed by atoms with Crippen molar-refractivity contribution in [1.82, 2.24) is 5.32 Å². The predicted molar refractivity (Wildman–Crippen MR) is 74.5 cm³/mol. The molecule has 0 saturated heterocycles. The van der Waals surface area contributed by atoms with Crippen LogP contribution in [0, 0.1) is 5.41 Å². The number of hydrogen-bond donors (Lipinski definition) is 1. The van der Waals surface area contributed by atoms with Crippen LogP contribution in [0.1, 0.15) is 60.8 Å². The van der Waals surface area contributed by atoms with E-state index in [1.807, 2.05) is 7.05 Å². The van der Waals surface area contributed by atoms with Crippen LogP contribution in [0.3, 0.4) is 0 Å². The van der Waals surface area contributed by atoms with Gasteiger partial charge in [-0.2, -0.15) is 0 Å². The zero-order chi connectivity index (χ0) is 12.8. The van der Waals surface area contributed by atoms with Crippen LogP contribution >= 0.6 is 0 Å². The summed E-state index contributed by atoms with van der Waals surface area (Å²) in [6.45, 7) is 13.4. The summed E-state index contributed by atoms with van der Waals surface area (Å²) in [5, 5.41) is 3.36. The van der Waals surface area contributed by atoms with Crippen molar-refractivity contribution in [3.05, 3.63) is 22.9 Å². The smallest absolute Gasteiger partial charge is 0.0137 e. The predicted octanol–water partition coefficient (Wildman–Crippen LogP) is 4.66. The quantitative estimate of drug-likeness (QED) is 0.668. The van der Waals surface area contributed by atoms with Gasteiger partial charge in [0.1, 0.15) is 0 Å². The van der Waals surface area contributed by atoms with Crippen LogP contribution in [0.25, 0.3) is 0 Å². The van der Waals surface area contributed by atoms with Gasteiger partial charge in [-0.15, -0.1) is 0 Å². The van der Waals surface area contributed by atoms with Gasteiger partial charge < -0.3 is 5.32 Å². The Morgan fingerprint density at radius 3 is 2.12 bits per heavy atom. The first-order valence-electron chi connectivity index (χ1n) is 6.43. The molecule has 0 saturated carbocycles. The highest BCUT2D eigenvalue weighted by Crippen LogP contribution is 2.32. The third-order valence-electron chi connectivity index (χ3n) is 3.04. The monoisotopic (exact) mass is 223 g/mol. The molecule has 0 aliphatic carbocycles. The molecule has 0 atom stereocenters. The van der Waals surface area contributed by atoms with E-state index < -0.39 is 0 Å². The molecule has 16 heavy (non-hydrogen) atoms. The lowest BCUT2D eigenvalue weighted by Crippen LogP contribution is -2.16. The van der Waals surface area contributed by atoms with E-state index in [0.717, 1.165) is 6.42 Å². The molecule has 0 aromatic carbocycles. The SMILES string of the molecule is C/C=C(\C(C)=C(\CCCC)NC)C(C)(C)C. The fraction of sp³-hybridized carbons (Fsp3) is 0.733. The fourth-order valence-electron chi connectivity index (χ4n) is 2.23. The normalized spacial score (nSPS) is 14.8. The van der Waals surface area contributed by atoms with Gasteiger partial charge in [-0.05, 0) is 43.3 Å². The standard InChI is InChI=1S/C15H29N/c1-8-10-11-14(16-7)12(3)13(9-2)15(4,5)6/h9,16H,8,10-11H2,1-7H3/b13-9+,14-12-. The van der Waals surface area contributed by atoms with E-state index >= 15 is 0 Å². The van der Waals surface area contributed by atoms with Crippen molar-refractivity contribution < 1.29 is 0 Å². The van der Waals surface area contributed by atoms with Crippen molar-refractivity contribution >= 4 is 0 Å². The topological polar surface area (TPSA) is 12.0 Å². The van der Waals surface area contributed by atoms with E-state index in [1.165, 1.54) is 29.7 Å². The molecule has 94 valence electrons. The van der Waals surface area contributed by atoms with Gasteiger partial charge in [0.05, 0.1) is 0 Å². The molecule has 0 heterocycles. The minimum Gasteiger partial charge on any atom is -0.391 e. The third-order valence-corrected chi connectivity index (χ3v) is 3.04. The zero-order valence-electron chi connectivity index (χ0n) is 12.2. The van der Waals surface area contributed by atoms with Gasteiger partial charge in [-0.1, -0.05) is 40.2 Å². The molecular weight excluding hydrogens is 194 g/mol. The van der Waals surface area contributed by atoms with Crippen LogP contribution in [0.4, 0.5) is 0 Å².